The van der Waals surface area contributed by atoms with Crippen LogP contribution in [0.3, 0.4) is 0 Å². The molecular formula is C99H93BrCl5N7O14Sn. The van der Waals surface area contributed by atoms with Gasteiger partial charge in [-0.3, -0.25) is 10.1 Å². The summed E-state index contributed by atoms with van der Waals surface area (Å²) in [5.41, 5.74) is 25.6. The number of anilines is 1. The first kappa shape index (κ1) is 96.2. The van der Waals surface area contributed by atoms with Gasteiger partial charge >= 0.3 is 151 Å². The number of alkyl halides is 1. The van der Waals surface area contributed by atoms with Crippen molar-refractivity contribution in [2.24, 2.45) is 0 Å². The molecule has 0 fully saturated rings. The second-order valence-electron chi connectivity index (χ2n) is 30.1. The van der Waals surface area contributed by atoms with Crippen LogP contribution in [0.15, 0.2) is 248 Å². The number of hydrogen-bond donors (Lipinski definition) is 3. The minimum atomic E-state index is -2.40. The first-order chi connectivity index (χ1) is 61.0. The first-order valence-corrected chi connectivity index (χ1v) is 51.4. The van der Waals surface area contributed by atoms with Crippen molar-refractivity contribution in [2.75, 3.05) is 20.0 Å². The Balaban J connectivity index is 0.000000148. The fourth-order valence-electron chi connectivity index (χ4n) is 14.8. The summed E-state index contributed by atoms with van der Waals surface area (Å²) in [5.74, 6) is 1.28. The number of methoxy groups -OCH3 is 2. The van der Waals surface area contributed by atoms with E-state index in [1.807, 2.05) is 129 Å². The molecule has 16 aromatic rings. The van der Waals surface area contributed by atoms with Crippen molar-refractivity contribution in [2.45, 2.75) is 119 Å². The molecule has 0 spiro atoms. The van der Waals surface area contributed by atoms with E-state index in [0.717, 1.165) is 99.2 Å². The zero-order valence-electron chi connectivity index (χ0n) is 71.2. The van der Waals surface area contributed by atoms with Crippen molar-refractivity contribution < 1.29 is 56.8 Å². The van der Waals surface area contributed by atoms with Crippen molar-refractivity contribution >= 4 is 169 Å². The van der Waals surface area contributed by atoms with Crippen LogP contribution >= 0.6 is 73.9 Å². The number of hydrogen-bond acceptors (Lipinski definition) is 19. The number of ether oxygens (including phenoxy) is 2. The second-order valence-corrected chi connectivity index (χ2v) is 46.0. The van der Waals surface area contributed by atoms with Gasteiger partial charge in [-0.1, -0.05) is 147 Å². The summed E-state index contributed by atoms with van der Waals surface area (Å²) in [5, 5.41) is 44.8. The summed E-state index contributed by atoms with van der Waals surface area (Å²) in [7, 11) is 2.62. The van der Waals surface area contributed by atoms with Crippen LogP contribution < -0.4 is 9.31 Å². The van der Waals surface area contributed by atoms with Crippen LogP contribution in [0.5, 0.6) is 5.75 Å². The Labute approximate surface area is 772 Å². The number of aryl methyl sites for hydroxylation is 4. The molecule has 4 aromatic heterocycles. The van der Waals surface area contributed by atoms with Crippen molar-refractivity contribution in [3.05, 3.63) is 333 Å². The number of nitro benzene ring substituents is 2. The fraction of sp³-hybridized carbons (Fsp3) is 0.212. The van der Waals surface area contributed by atoms with Gasteiger partial charge in [0.2, 0.25) is 0 Å². The van der Waals surface area contributed by atoms with Crippen molar-refractivity contribution in [3.8, 4) is 61.4 Å². The molecule has 654 valence electrons. The maximum absolute atomic E-state index is 11.8. The normalized spacial score (nSPS) is 11.0. The molecule has 0 aliphatic carbocycles. The van der Waals surface area contributed by atoms with Gasteiger partial charge in [0.25, 0.3) is 5.69 Å². The number of aromatic nitrogens is 4. The molecule has 0 aliphatic heterocycles. The van der Waals surface area contributed by atoms with Gasteiger partial charge in [0, 0.05) is 98.1 Å². The van der Waals surface area contributed by atoms with Crippen LogP contribution in [0.1, 0.15) is 126 Å². The number of aliphatic hydroxyl groups excluding tert-OH is 1. The summed E-state index contributed by atoms with van der Waals surface area (Å²) in [6.07, 6.45) is 8.35. The molecule has 0 saturated heterocycles. The number of phenols is 1. The molecule has 127 heavy (non-hydrogen) atoms. The van der Waals surface area contributed by atoms with Gasteiger partial charge in [0.05, 0.1) is 42.6 Å². The topological polar surface area (TPSA) is 309 Å². The Kier molecular flexibility index (Phi) is 34.3. The number of nitrogens with two attached hydrogens (primary N) is 1. The first-order valence-electron chi connectivity index (χ1n) is 40.9. The number of oxazole rings is 4. The molecule has 28 heteroatoms. The van der Waals surface area contributed by atoms with E-state index >= 15 is 0 Å². The summed E-state index contributed by atoms with van der Waals surface area (Å²) in [6, 6.07) is 69.6. The summed E-state index contributed by atoms with van der Waals surface area (Å²) in [4.78, 5) is 62.1. The van der Waals surface area contributed by atoms with Crippen LogP contribution in [-0.2, 0) is 27.8 Å². The molecule has 0 unspecified atom stereocenters. The number of fused-ring (bicyclic) bond motifs is 4. The molecule has 0 saturated carbocycles. The van der Waals surface area contributed by atoms with Gasteiger partial charge in [0.15, 0.2) is 45.9 Å². The van der Waals surface area contributed by atoms with E-state index in [1.165, 1.54) is 87.8 Å². The molecule has 0 bridgehead atoms. The predicted octanol–water partition coefficient (Wildman–Crippen LogP) is 28.2. The number of non-ortho nitro benzene ring substituents is 2. The maximum Gasteiger partial charge on any atom is 0.338 e. The molecule has 0 radical (unpaired) electrons. The number of aliphatic hydroxyl groups is 1. The van der Waals surface area contributed by atoms with Crippen molar-refractivity contribution in [3.63, 3.8) is 0 Å². The minimum absolute atomic E-state index is 0.0384. The zero-order valence-corrected chi connectivity index (χ0v) is 79.5. The molecule has 0 amide bonds. The quantitative estimate of drug-likeness (QED) is 0.0102. The number of halogens is 6. The number of unbranched alkanes of at least 4 members (excludes halogenated alkanes) is 3. The monoisotopic (exact) mass is 1980 g/mol. The standard InChI is InChI=1S/C21H15ClN2O3.C16H12ClNO3.C15H11BrClNO.C15H12ClNO2.C14H12ClNO3.C6H4NO2.3C4H9.Sn/c1-13-23-21-19(16-3-2-4-17(22)12-16)10-15(11-20(21)27-13)9-14-5-7-18(8-6-14)24(25)26;1-9-18-15-13(10-4-3-5-12(17)6-10)7-11(16(19)20-2)8-14(15)21-9;1-9-18-15-13(11-3-2-4-12(17)7-11)5-10(8-16)6-14(15)19-9;1-9-17-15-13(11-3-2-4-12(16)7-11)5-10(8-18)6-14(15)19-9;1-19-14(18)9-6-11(13(16)12(17)7-9)8-3-2-4-10(15)5-8;8-7(9)6-4-2-1-3-5-6;3*1-3-4-2;/h2-8,10-12H,9H2,1H3;3-8H,1-2H3;2-7H,8H2,1H3;2-7,18H,8H2,1H3;2-7,17H,16H2,1H3;2-5H;3*1,3-4H2,2H3;. The Hall–Kier alpha value is -11.5. The average molecular weight is 1980 g/mol. The Bertz CT molecular complexity index is 6430. The number of carbonyl (C=O) groups excluding carboxylic acids is 2. The van der Waals surface area contributed by atoms with Crippen LogP contribution in [0.2, 0.25) is 38.4 Å². The third kappa shape index (κ3) is 25.3. The smallest absolute Gasteiger partial charge is 0.338 e. The van der Waals surface area contributed by atoms with Crippen LogP contribution in [0.25, 0.3) is 100 Å². The van der Waals surface area contributed by atoms with Gasteiger partial charge in [-0.15, -0.1) is 0 Å². The minimum Gasteiger partial charge on any atom is -0.506 e. The van der Waals surface area contributed by atoms with Gasteiger partial charge < -0.3 is 43.1 Å². The fourth-order valence-corrected chi connectivity index (χ4v) is 32.0. The number of aromatic hydroxyl groups is 1. The largest absolute Gasteiger partial charge is 0.506 e. The van der Waals surface area contributed by atoms with Crippen LogP contribution in [0, 0.1) is 47.9 Å². The zero-order chi connectivity index (χ0) is 91.2. The van der Waals surface area contributed by atoms with Crippen LogP contribution in [0.4, 0.5) is 17.1 Å². The third-order valence-corrected chi connectivity index (χ3v) is 38.4. The van der Waals surface area contributed by atoms with Crippen molar-refractivity contribution in [1.29, 1.82) is 0 Å². The number of carbonyl (C=O) groups is 2. The van der Waals surface area contributed by atoms with Gasteiger partial charge in [-0.2, -0.15) is 0 Å². The number of nitrogens with zero attached hydrogens (tertiary/aromatic N) is 6. The number of rotatable bonds is 23. The third-order valence-electron chi connectivity index (χ3n) is 20.9. The second kappa shape index (κ2) is 45.3. The van der Waals surface area contributed by atoms with E-state index in [9.17, 15) is 40.0 Å². The molecule has 16 rings (SSSR count). The Morgan fingerprint density at radius 2 is 0.740 bits per heavy atom. The van der Waals surface area contributed by atoms with E-state index in [0.29, 0.717) is 89.0 Å². The Morgan fingerprint density at radius 1 is 0.425 bits per heavy atom. The number of esters is 2. The maximum atomic E-state index is 11.8. The molecule has 0 aliphatic rings. The van der Waals surface area contributed by atoms with Crippen LogP contribution in [-0.4, -0.2) is 84.5 Å². The number of nitro groups is 2. The van der Waals surface area contributed by atoms with Gasteiger partial charge in [0.1, 0.15) is 27.8 Å². The van der Waals surface area contributed by atoms with Gasteiger partial charge in [-0.05, 0) is 178 Å². The summed E-state index contributed by atoms with van der Waals surface area (Å²) < 4.78 is 37.6. The van der Waals surface area contributed by atoms with Crippen molar-refractivity contribution in [1.82, 2.24) is 19.9 Å². The number of benzene rings is 12. The molecule has 21 nitrogen and oxygen atoms in total. The average Bonchev–Trinajstić information content (AvgIpc) is 1.68. The SMILES string of the molecule is CCC[CH2][Sn]([CH2]CCC)([CH2]CCC)[c]1ccc([N+](=O)[O-])cc1.COC(=O)c1cc(-c2cccc(Cl)c2)c2nc(C)oc2c1.COC(=O)c1cc(O)c(N)c(-c2cccc(Cl)c2)c1.Cc1nc2c(-c3cccc(Cl)c3)cc(CBr)cc2o1.Cc1nc2c(-c3cccc(Cl)c3)cc(CO)cc2o1.Cc1nc2c(-c3cccc(Cl)c3)cc(Cc3ccc([N+](=O)[O-])cc3)cc2o1. The molecular weight excluding hydrogens is 1890 g/mol. The molecule has 12 aromatic carbocycles. The van der Waals surface area contributed by atoms with E-state index in [4.69, 9.17) is 86.1 Å². The summed E-state index contributed by atoms with van der Waals surface area (Å²) >= 11 is 31.3. The van der Waals surface area contributed by atoms with E-state index in [1.54, 1.807) is 86.6 Å². The predicted molar refractivity (Wildman–Crippen MR) is 514 cm³/mol. The van der Waals surface area contributed by atoms with E-state index < -0.39 is 35.2 Å². The number of nitrogen functional groups attached to an aromatic ring is 1. The summed E-state index contributed by atoms with van der Waals surface area (Å²) in [6.45, 7) is 14.0. The number of phenolic OH excluding ortho intramolecular Hbond substituents is 1. The molecule has 0 atom stereocenters. The molecule has 4 heterocycles. The molecule has 4 N–H and O–H groups in total. The van der Waals surface area contributed by atoms with Gasteiger partial charge in [-0.25, -0.2) is 29.5 Å². The Morgan fingerprint density at radius 3 is 1.09 bits per heavy atom. The van der Waals surface area contributed by atoms with E-state index in [2.05, 4.69) is 85.6 Å². The van der Waals surface area contributed by atoms with E-state index in [-0.39, 0.29) is 39.9 Å².